The van der Waals surface area contributed by atoms with Gasteiger partial charge in [-0.15, -0.1) is 0 Å². The average Bonchev–Trinajstić information content (AvgIpc) is 2.88. The van der Waals surface area contributed by atoms with E-state index in [9.17, 15) is 10.1 Å². The molecule has 0 atom stereocenters. The molecule has 3 rings (SSSR count). The number of piperidine rings is 1. The zero-order valence-corrected chi connectivity index (χ0v) is 16.0. The van der Waals surface area contributed by atoms with Crippen LogP contribution in [-0.2, 0) is 0 Å². The van der Waals surface area contributed by atoms with Crippen LogP contribution in [0.1, 0.15) is 43.7 Å². The summed E-state index contributed by atoms with van der Waals surface area (Å²) in [5.41, 5.74) is 5.83. The third-order valence-electron chi connectivity index (χ3n) is 6.06. The standard InChI is InChI=1S/C22H28N2O2/c1-5-6-7-20-16(2)8-9-22(20)10-12-23(13-11-22)19-14-17(3)21(24(25)26)18(4)15-19/h5-7,14-15H,2,8-13H2,1,3-4H3/b6-5-,20-7+. The maximum atomic E-state index is 11.2. The molecule has 1 spiro atoms. The van der Waals surface area contributed by atoms with Gasteiger partial charge in [0.15, 0.2) is 0 Å². The van der Waals surface area contributed by atoms with Crippen molar-refractivity contribution in [2.24, 2.45) is 5.41 Å². The maximum Gasteiger partial charge on any atom is 0.275 e. The number of nitro benzene ring substituents is 1. The van der Waals surface area contributed by atoms with Crippen molar-refractivity contribution in [2.45, 2.75) is 46.5 Å². The van der Waals surface area contributed by atoms with Crippen molar-refractivity contribution in [1.82, 2.24) is 0 Å². The summed E-state index contributed by atoms with van der Waals surface area (Å²) in [6.07, 6.45) is 11.0. The van der Waals surface area contributed by atoms with Crippen LogP contribution in [0.3, 0.4) is 0 Å². The zero-order valence-electron chi connectivity index (χ0n) is 16.0. The minimum absolute atomic E-state index is 0.242. The van der Waals surface area contributed by atoms with Crippen LogP contribution in [0.15, 0.2) is 48.1 Å². The van der Waals surface area contributed by atoms with Crippen LogP contribution >= 0.6 is 0 Å². The highest BCUT2D eigenvalue weighted by Gasteiger charge is 2.42. The van der Waals surface area contributed by atoms with E-state index in [4.69, 9.17) is 0 Å². The first kappa shape index (κ1) is 18.4. The van der Waals surface area contributed by atoms with E-state index in [2.05, 4.69) is 29.7 Å². The number of nitro groups is 1. The molecule has 0 radical (unpaired) electrons. The third kappa shape index (κ3) is 3.20. The number of hydrogen-bond acceptors (Lipinski definition) is 3. The molecule has 0 unspecified atom stereocenters. The average molecular weight is 352 g/mol. The van der Waals surface area contributed by atoms with Crippen LogP contribution in [0.5, 0.6) is 0 Å². The zero-order chi connectivity index (χ0) is 18.9. The summed E-state index contributed by atoms with van der Waals surface area (Å²) < 4.78 is 0. The van der Waals surface area contributed by atoms with Crippen LogP contribution in [0, 0.1) is 29.4 Å². The lowest BCUT2D eigenvalue weighted by molar-refractivity contribution is -0.386. The second-order valence-corrected chi connectivity index (χ2v) is 7.66. The lowest BCUT2D eigenvalue weighted by Crippen LogP contribution is -2.39. The van der Waals surface area contributed by atoms with Gasteiger partial charge >= 0.3 is 0 Å². The Morgan fingerprint density at radius 1 is 1.19 bits per heavy atom. The fraction of sp³-hybridized carbons (Fsp3) is 0.455. The molecule has 4 heteroatoms. The van der Waals surface area contributed by atoms with Gasteiger partial charge in [-0.25, -0.2) is 0 Å². The minimum Gasteiger partial charge on any atom is -0.371 e. The predicted octanol–water partition coefficient (Wildman–Crippen LogP) is 5.65. The first-order valence-corrected chi connectivity index (χ1v) is 9.40. The first-order valence-electron chi connectivity index (χ1n) is 9.40. The molecule has 1 saturated heterocycles. The van der Waals surface area contributed by atoms with Gasteiger partial charge in [-0.3, -0.25) is 10.1 Å². The number of allylic oxidation sites excluding steroid dienone is 5. The van der Waals surface area contributed by atoms with Gasteiger partial charge in [0.25, 0.3) is 5.69 Å². The van der Waals surface area contributed by atoms with E-state index in [1.165, 1.54) is 17.6 Å². The lowest BCUT2D eigenvalue weighted by Gasteiger charge is -2.41. The summed E-state index contributed by atoms with van der Waals surface area (Å²) in [6.45, 7) is 12.0. The van der Waals surface area contributed by atoms with E-state index < -0.39 is 0 Å². The molecule has 0 bridgehead atoms. The Morgan fingerprint density at radius 3 is 2.35 bits per heavy atom. The summed E-state index contributed by atoms with van der Waals surface area (Å²) in [6, 6.07) is 3.93. The number of rotatable bonds is 3. The summed E-state index contributed by atoms with van der Waals surface area (Å²) in [4.78, 5) is 13.3. The molecule has 1 aromatic carbocycles. The Hall–Kier alpha value is -2.36. The summed E-state index contributed by atoms with van der Waals surface area (Å²) in [7, 11) is 0. The Labute approximate surface area is 156 Å². The summed E-state index contributed by atoms with van der Waals surface area (Å²) in [5, 5.41) is 11.2. The number of aryl methyl sites for hydroxylation is 2. The molecule has 4 nitrogen and oxygen atoms in total. The van der Waals surface area contributed by atoms with E-state index in [0.717, 1.165) is 49.2 Å². The molecule has 1 aromatic rings. The minimum atomic E-state index is -0.276. The van der Waals surface area contributed by atoms with Crippen molar-refractivity contribution >= 4 is 11.4 Å². The van der Waals surface area contributed by atoms with E-state index in [-0.39, 0.29) is 16.0 Å². The number of hydrogen-bond donors (Lipinski definition) is 0. The molecular weight excluding hydrogens is 324 g/mol. The van der Waals surface area contributed by atoms with Crippen molar-refractivity contribution in [3.05, 3.63) is 69.3 Å². The smallest absolute Gasteiger partial charge is 0.275 e. The van der Waals surface area contributed by atoms with Crippen molar-refractivity contribution < 1.29 is 4.92 Å². The van der Waals surface area contributed by atoms with Crippen molar-refractivity contribution in [3.63, 3.8) is 0 Å². The number of benzene rings is 1. The van der Waals surface area contributed by atoms with Gasteiger partial charge in [0.05, 0.1) is 4.92 Å². The van der Waals surface area contributed by atoms with E-state index >= 15 is 0 Å². The third-order valence-corrected chi connectivity index (χ3v) is 6.06. The maximum absolute atomic E-state index is 11.2. The number of nitrogens with zero attached hydrogens (tertiary/aromatic N) is 2. The molecular formula is C22H28N2O2. The fourth-order valence-corrected chi connectivity index (χ4v) is 4.64. The lowest BCUT2D eigenvalue weighted by atomic mass is 9.73. The fourth-order valence-electron chi connectivity index (χ4n) is 4.64. The van der Waals surface area contributed by atoms with Crippen LogP contribution in [0.4, 0.5) is 11.4 Å². The van der Waals surface area contributed by atoms with Gasteiger partial charge in [-0.1, -0.05) is 30.4 Å². The van der Waals surface area contributed by atoms with Crippen LogP contribution in [0.2, 0.25) is 0 Å². The molecule has 1 aliphatic carbocycles. The Morgan fingerprint density at radius 2 is 1.81 bits per heavy atom. The molecule has 138 valence electrons. The van der Waals surface area contributed by atoms with Crippen molar-refractivity contribution in [2.75, 3.05) is 18.0 Å². The van der Waals surface area contributed by atoms with Crippen molar-refractivity contribution in [1.29, 1.82) is 0 Å². The molecule has 0 N–H and O–H groups in total. The van der Waals surface area contributed by atoms with Gasteiger partial charge in [0.2, 0.25) is 0 Å². The van der Waals surface area contributed by atoms with Gasteiger partial charge in [-0.2, -0.15) is 0 Å². The highest BCUT2D eigenvalue weighted by Crippen LogP contribution is 2.52. The monoisotopic (exact) mass is 352 g/mol. The highest BCUT2D eigenvalue weighted by molar-refractivity contribution is 5.60. The van der Waals surface area contributed by atoms with Crippen LogP contribution in [-0.4, -0.2) is 18.0 Å². The Bertz CT molecular complexity index is 773. The van der Waals surface area contributed by atoms with Crippen LogP contribution < -0.4 is 4.90 Å². The van der Waals surface area contributed by atoms with Gasteiger partial charge in [-0.05, 0) is 69.6 Å². The summed E-state index contributed by atoms with van der Waals surface area (Å²) >= 11 is 0. The van der Waals surface area contributed by atoms with Gasteiger partial charge in [0, 0.05) is 29.9 Å². The molecule has 2 fully saturated rings. The molecule has 2 aliphatic rings. The van der Waals surface area contributed by atoms with Crippen molar-refractivity contribution in [3.8, 4) is 0 Å². The largest absolute Gasteiger partial charge is 0.371 e. The first-order chi connectivity index (χ1) is 12.4. The second kappa shape index (κ2) is 7.10. The topological polar surface area (TPSA) is 46.4 Å². The SMILES string of the molecule is C=C1CCC2(CCN(c3cc(C)c([N+](=O)[O-])c(C)c3)CC2)/C1=C/C=C\C. The molecule has 1 saturated carbocycles. The quantitative estimate of drug-likeness (QED) is 0.521. The molecule has 26 heavy (non-hydrogen) atoms. The van der Waals surface area contributed by atoms with E-state index in [0.29, 0.717) is 0 Å². The molecule has 0 aromatic heterocycles. The normalized spacial score (nSPS) is 21.3. The Balaban J connectivity index is 1.81. The van der Waals surface area contributed by atoms with E-state index in [1.54, 1.807) is 0 Å². The molecule has 0 amide bonds. The molecule has 1 aliphatic heterocycles. The predicted molar refractivity (Wildman–Crippen MR) is 108 cm³/mol. The Kier molecular flexibility index (Phi) is 5.03. The van der Waals surface area contributed by atoms with E-state index in [1.807, 2.05) is 32.9 Å². The van der Waals surface area contributed by atoms with Gasteiger partial charge in [0.1, 0.15) is 0 Å². The number of anilines is 1. The van der Waals surface area contributed by atoms with Crippen LogP contribution in [0.25, 0.3) is 0 Å². The van der Waals surface area contributed by atoms with Gasteiger partial charge < -0.3 is 4.90 Å². The summed E-state index contributed by atoms with van der Waals surface area (Å²) in [5.74, 6) is 0. The highest BCUT2D eigenvalue weighted by atomic mass is 16.6. The second-order valence-electron chi connectivity index (χ2n) is 7.66. The molecule has 1 heterocycles.